The van der Waals surface area contributed by atoms with Crippen LogP contribution in [-0.2, 0) is 0 Å². The zero-order valence-electron chi connectivity index (χ0n) is 7.40. The van der Waals surface area contributed by atoms with Crippen LogP contribution < -0.4 is 4.74 Å². The van der Waals surface area contributed by atoms with Crippen LogP contribution in [0.25, 0.3) is 10.6 Å². The number of halogens is 1. The summed E-state index contributed by atoms with van der Waals surface area (Å²) in [5.74, 6) is 0.511. The molecule has 0 aliphatic rings. The van der Waals surface area contributed by atoms with E-state index in [1.54, 1.807) is 13.2 Å². The van der Waals surface area contributed by atoms with Gasteiger partial charge in [-0.05, 0) is 18.2 Å². The highest BCUT2D eigenvalue weighted by molar-refractivity contribution is 7.19. The summed E-state index contributed by atoms with van der Waals surface area (Å²) in [7, 11) is 1.56. The molecule has 0 saturated heterocycles. The Morgan fingerprint density at radius 3 is 2.57 bits per heavy atom. The highest BCUT2D eigenvalue weighted by Crippen LogP contribution is 2.29. The van der Waals surface area contributed by atoms with E-state index in [2.05, 4.69) is 10.2 Å². The van der Waals surface area contributed by atoms with Gasteiger partial charge in [0.15, 0.2) is 0 Å². The summed E-state index contributed by atoms with van der Waals surface area (Å²) >= 11 is 7.29. The minimum atomic E-state index is 0.511. The molecule has 0 radical (unpaired) electrons. The molecule has 3 nitrogen and oxygen atoms in total. The standard InChI is InChI=1S/C9H7ClN2OS/c1-13-9-5-2-6(11-12-9)7-3-4-8(10)14-7/h2-5H,1H3. The number of rotatable bonds is 2. The van der Waals surface area contributed by atoms with E-state index < -0.39 is 0 Å². The molecule has 0 N–H and O–H groups in total. The molecule has 0 aliphatic heterocycles. The SMILES string of the molecule is COc1ccc(-c2ccc(Cl)s2)nn1. The van der Waals surface area contributed by atoms with Crippen LogP contribution in [0.3, 0.4) is 0 Å². The Bertz CT molecular complexity index is 427. The minimum Gasteiger partial charge on any atom is -0.480 e. The highest BCUT2D eigenvalue weighted by Gasteiger charge is 2.03. The number of nitrogens with zero attached hydrogens (tertiary/aromatic N) is 2. The molecule has 2 heterocycles. The molecule has 5 heteroatoms. The lowest BCUT2D eigenvalue weighted by Gasteiger charge is -1.97. The normalized spacial score (nSPS) is 10.1. The summed E-state index contributed by atoms with van der Waals surface area (Å²) < 4.78 is 5.66. The maximum Gasteiger partial charge on any atom is 0.233 e. The molecule has 0 fully saturated rings. The quantitative estimate of drug-likeness (QED) is 0.790. The molecule has 0 unspecified atom stereocenters. The molecule has 0 spiro atoms. The van der Waals surface area contributed by atoms with Gasteiger partial charge in [-0.25, -0.2) is 0 Å². The summed E-state index contributed by atoms with van der Waals surface area (Å²) in [6.45, 7) is 0. The molecule has 2 rings (SSSR count). The first kappa shape index (κ1) is 9.43. The van der Waals surface area contributed by atoms with Crippen molar-refractivity contribution in [3.8, 4) is 16.5 Å². The Kier molecular flexibility index (Phi) is 2.65. The van der Waals surface area contributed by atoms with E-state index >= 15 is 0 Å². The molecule has 0 amide bonds. The summed E-state index contributed by atoms with van der Waals surface area (Å²) in [5, 5.41) is 7.88. The molecule has 0 aromatic carbocycles. The van der Waals surface area contributed by atoms with Crippen LogP contribution in [0.5, 0.6) is 5.88 Å². The van der Waals surface area contributed by atoms with Crippen molar-refractivity contribution in [3.63, 3.8) is 0 Å². The minimum absolute atomic E-state index is 0.511. The van der Waals surface area contributed by atoms with Crippen molar-refractivity contribution in [1.82, 2.24) is 10.2 Å². The first-order valence-electron chi connectivity index (χ1n) is 3.93. The zero-order valence-corrected chi connectivity index (χ0v) is 8.97. The number of aromatic nitrogens is 2. The molecular weight excluding hydrogens is 220 g/mol. The van der Waals surface area contributed by atoms with E-state index in [9.17, 15) is 0 Å². The second-order valence-electron chi connectivity index (χ2n) is 2.56. The van der Waals surface area contributed by atoms with E-state index in [-0.39, 0.29) is 0 Å². The second-order valence-corrected chi connectivity index (χ2v) is 4.28. The fourth-order valence-corrected chi connectivity index (χ4v) is 2.02. The number of thiophene rings is 1. The van der Waals surface area contributed by atoms with E-state index in [1.165, 1.54) is 11.3 Å². The molecule has 72 valence electrons. The Labute approximate surface area is 90.3 Å². The Morgan fingerprint density at radius 1 is 1.21 bits per heavy atom. The third-order valence-corrected chi connectivity index (χ3v) is 2.93. The first-order chi connectivity index (χ1) is 6.79. The molecule has 2 aromatic rings. The fourth-order valence-electron chi connectivity index (χ4n) is 1.01. The lowest BCUT2D eigenvalue weighted by molar-refractivity contribution is 0.392. The average Bonchev–Trinajstić information content (AvgIpc) is 2.65. The number of methoxy groups -OCH3 is 1. The molecule has 0 bridgehead atoms. The molecule has 2 aromatic heterocycles. The lowest BCUT2D eigenvalue weighted by atomic mass is 10.3. The highest BCUT2D eigenvalue weighted by atomic mass is 35.5. The van der Waals surface area contributed by atoms with Gasteiger partial charge in [0.25, 0.3) is 0 Å². The van der Waals surface area contributed by atoms with Crippen LogP contribution >= 0.6 is 22.9 Å². The van der Waals surface area contributed by atoms with Crippen molar-refractivity contribution in [3.05, 3.63) is 28.6 Å². The topological polar surface area (TPSA) is 35.0 Å². The van der Waals surface area contributed by atoms with Gasteiger partial charge in [0.1, 0.15) is 5.69 Å². The molecule has 0 saturated carbocycles. The summed E-state index contributed by atoms with van der Waals surface area (Å²) in [5.41, 5.74) is 0.808. The lowest BCUT2D eigenvalue weighted by Crippen LogP contribution is -1.90. The predicted molar refractivity (Wildman–Crippen MR) is 56.9 cm³/mol. The van der Waals surface area contributed by atoms with Gasteiger partial charge >= 0.3 is 0 Å². The van der Waals surface area contributed by atoms with Gasteiger partial charge in [-0.1, -0.05) is 11.6 Å². The van der Waals surface area contributed by atoms with E-state index in [1.807, 2.05) is 18.2 Å². The van der Waals surface area contributed by atoms with Gasteiger partial charge in [0, 0.05) is 6.07 Å². The van der Waals surface area contributed by atoms with E-state index in [0.717, 1.165) is 14.9 Å². The molecular formula is C9H7ClN2OS. The van der Waals surface area contributed by atoms with Crippen LogP contribution in [0.1, 0.15) is 0 Å². The Morgan fingerprint density at radius 2 is 2.07 bits per heavy atom. The summed E-state index contributed by atoms with van der Waals surface area (Å²) in [6, 6.07) is 7.39. The fraction of sp³-hybridized carbons (Fsp3) is 0.111. The van der Waals surface area contributed by atoms with Crippen molar-refractivity contribution in [2.24, 2.45) is 0 Å². The van der Waals surface area contributed by atoms with Crippen molar-refractivity contribution in [1.29, 1.82) is 0 Å². The molecule has 0 aliphatic carbocycles. The van der Waals surface area contributed by atoms with E-state index in [4.69, 9.17) is 16.3 Å². The Hall–Kier alpha value is -1.13. The number of hydrogen-bond donors (Lipinski definition) is 0. The summed E-state index contributed by atoms with van der Waals surface area (Å²) in [4.78, 5) is 1.00. The van der Waals surface area contributed by atoms with Crippen LogP contribution in [0.4, 0.5) is 0 Å². The maximum atomic E-state index is 5.81. The van der Waals surface area contributed by atoms with E-state index in [0.29, 0.717) is 5.88 Å². The van der Waals surface area contributed by atoms with Crippen molar-refractivity contribution < 1.29 is 4.74 Å². The second kappa shape index (κ2) is 3.94. The van der Waals surface area contributed by atoms with Crippen LogP contribution in [0, 0.1) is 0 Å². The predicted octanol–water partition coefficient (Wildman–Crippen LogP) is 2.87. The third-order valence-electron chi connectivity index (χ3n) is 1.67. The largest absolute Gasteiger partial charge is 0.480 e. The van der Waals surface area contributed by atoms with Gasteiger partial charge in [-0.3, -0.25) is 0 Å². The maximum absolute atomic E-state index is 5.81. The summed E-state index contributed by atoms with van der Waals surface area (Å²) in [6.07, 6.45) is 0. The third kappa shape index (κ3) is 1.86. The van der Waals surface area contributed by atoms with Gasteiger partial charge in [0.05, 0.1) is 16.3 Å². The Balaban J connectivity index is 2.33. The van der Waals surface area contributed by atoms with Crippen molar-refractivity contribution in [2.75, 3.05) is 7.11 Å². The van der Waals surface area contributed by atoms with Gasteiger partial charge < -0.3 is 4.74 Å². The van der Waals surface area contributed by atoms with Crippen LogP contribution in [-0.4, -0.2) is 17.3 Å². The first-order valence-corrected chi connectivity index (χ1v) is 5.12. The monoisotopic (exact) mass is 226 g/mol. The smallest absolute Gasteiger partial charge is 0.233 e. The van der Waals surface area contributed by atoms with Crippen molar-refractivity contribution in [2.45, 2.75) is 0 Å². The van der Waals surface area contributed by atoms with Crippen LogP contribution in [0.15, 0.2) is 24.3 Å². The van der Waals surface area contributed by atoms with Crippen molar-refractivity contribution >= 4 is 22.9 Å². The van der Waals surface area contributed by atoms with Gasteiger partial charge in [0.2, 0.25) is 5.88 Å². The number of ether oxygens (including phenoxy) is 1. The number of hydrogen-bond acceptors (Lipinski definition) is 4. The van der Waals surface area contributed by atoms with Gasteiger partial charge in [-0.15, -0.1) is 21.5 Å². The molecule has 14 heavy (non-hydrogen) atoms. The van der Waals surface area contributed by atoms with Crippen LogP contribution in [0.2, 0.25) is 4.34 Å². The zero-order chi connectivity index (χ0) is 9.97. The average molecular weight is 227 g/mol. The van der Waals surface area contributed by atoms with Gasteiger partial charge in [-0.2, -0.15) is 0 Å². The molecule has 0 atom stereocenters.